The second kappa shape index (κ2) is 3.13. The van der Waals surface area contributed by atoms with Crippen LogP contribution in [0.2, 0.25) is 0 Å². The van der Waals surface area contributed by atoms with E-state index in [0.717, 1.165) is 0 Å². The maximum atomic E-state index is 11.2. The van der Waals surface area contributed by atoms with E-state index in [2.05, 4.69) is 4.98 Å². The summed E-state index contributed by atoms with van der Waals surface area (Å²) in [7, 11) is 0. The Hall–Kier alpha value is -1.85. The number of hydrogen-bond donors (Lipinski definition) is 1. The minimum Gasteiger partial charge on any atom is -0.481 e. The fourth-order valence-electron chi connectivity index (χ4n) is 1.40. The summed E-state index contributed by atoms with van der Waals surface area (Å²) in [6, 6.07) is 0. The Morgan fingerprint density at radius 3 is 3.21 bits per heavy atom. The molecule has 1 aromatic heterocycles. The van der Waals surface area contributed by atoms with E-state index >= 15 is 0 Å². The van der Waals surface area contributed by atoms with Crippen LogP contribution in [0.25, 0.3) is 0 Å². The maximum absolute atomic E-state index is 11.2. The van der Waals surface area contributed by atoms with Gasteiger partial charge in [0.2, 0.25) is 5.88 Å². The van der Waals surface area contributed by atoms with E-state index in [4.69, 9.17) is 9.84 Å². The highest BCUT2D eigenvalue weighted by Crippen LogP contribution is 2.19. The lowest BCUT2D eigenvalue weighted by molar-refractivity contribution is -0.136. The number of aliphatic carboxylic acids is 1. The van der Waals surface area contributed by atoms with E-state index in [0.29, 0.717) is 24.6 Å². The molecule has 14 heavy (non-hydrogen) atoms. The van der Waals surface area contributed by atoms with Gasteiger partial charge in [-0.15, -0.1) is 0 Å². The number of fused-ring (bicyclic) bond motifs is 1. The molecule has 6 nitrogen and oxygen atoms in total. The predicted octanol–water partition coefficient (Wildman–Crippen LogP) is -0.737. The summed E-state index contributed by atoms with van der Waals surface area (Å²) < 4.78 is 6.52. The van der Waals surface area contributed by atoms with E-state index in [9.17, 15) is 9.59 Å². The van der Waals surface area contributed by atoms with E-state index in [1.807, 2.05) is 0 Å². The van der Waals surface area contributed by atoms with Gasteiger partial charge in [-0.25, -0.2) is 9.78 Å². The van der Waals surface area contributed by atoms with Crippen molar-refractivity contribution in [1.29, 1.82) is 0 Å². The third-order valence-corrected chi connectivity index (χ3v) is 1.98. The Kier molecular flexibility index (Phi) is 1.95. The summed E-state index contributed by atoms with van der Waals surface area (Å²) in [6.45, 7) is 0.835. The molecule has 1 aliphatic heterocycles. The maximum Gasteiger partial charge on any atom is 0.350 e. The number of aromatic nitrogens is 2. The molecule has 0 saturated heterocycles. The summed E-state index contributed by atoms with van der Waals surface area (Å²) in [5.74, 6) is -0.629. The molecule has 0 unspecified atom stereocenters. The molecule has 0 spiro atoms. The van der Waals surface area contributed by atoms with Gasteiger partial charge in [0.1, 0.15) is 6.61 Å². The second-order valence-electron chi connectivity index (χ2n) is 2.94. The van der Waals surface area contributed by atoms with Crippen LogP contribution in [-0.2, 0) is 17.8 Å². The number of nitrogens with zero attached hydrogens (tertiary/aromatic N) is 2. The van der Waals surface area contributed by atoms with Crippen molar-refractivity contribution in [2.75, 3.05) is 6.61 Å². The molecule has 74 valence electrons. The van der Waals surface area contributed by atoms with Crippen LogP contribution in [0, 0.1) is 0 Å². The molecular weight excluding hydrogens is 188 g/mol. The first-order valence-corrected chi connectivity index (χ1v) is 4.12. The first-order chi connectivity index (χ1) is 6.68. The van der Waals surface area contributed by atoms with Crippen LogP contribution < -0.4 is 10.4 Å². The lowest BCUT2D eigenvalue weighted by Crippen LogP contribution is -2.21. The van der Waals surface area contributed by atoms with E-state index in [1.165, 1.54) is 10.8 Å². The summed E-state index contributed by atoms with van der Waals surface area (Å²) in [5, 5.41) is 8.60. The lowest BCUT2D eigenvalue weighted by Gasteiger charge is -2.04. The van der Waals surface area contributed by atoms with Gasteiger partial charge in [0, 0.05) is 11.8 Å². The van der Waals surface area contributed by atoms with Crippen molar-refractivity contribution in [3.63, 3.8) is 0 Å². The Labute approximate surface area is 78.8 Å². The molecule has 2 heterocycles. The van der Waals surface area contributed by atoms with Crippen LogP contribution in [0.3, 0.4) is 0 Å². The molecule has 6 heteroatoms. The highest BCUT2D eigenvalue weighted by atomic mass is 16.5. The lowest BCUT2D eigenvalue weighted by atomic mass is 10.2. The van der Waals surface area contributed by atoms with Crippen molar-refractivity contribution in [2.45, 2.75) is 13.0 Å². The molecule has 1 aliphatic rings. The second-order valence-corrected chi connectivity index (χ2v) is 2.94. The summed E-state index contributed by atoms with van der Waals surface area (Å²) in [5.41, 5.74) is 0.0428. The molecule has 0 aliphatic carbocycles. The number of carbonyl (C=O) groups is 1. The van der Waals surface area contributed by atoms with Crippen LogP contribution >= 0.6 is 0 Å². The Bertz CT molecular complexity index is 437. The number of hydrogen-bond acceptors (Lipinski definition) is 4. The largest absolute Gasteiger partial charge is 0.481 e. The fourth-order valence-corrected chi connectivity index (χ4v) is 1.40. The molecule has 0 atom stereocenters. The average Bonchev–Trinajstić information content (AvgIpc) is 2.58. The zero-order valence-corrected chi connectivity index (χ0v) is 7.27. The topological polar surface area (TPSA) is 81.4 Å². The van der Waals surface area contributed by atoms with Gasteiger partial charge in [-0.1, -0.05) is 0 Å². The predicted molar refractivity (Wildman–Crippen MR) is 45.3 cm³/mol. The molecular formula is C8H8N2O4. The summed E-state index contributed by atoms with van der Waals surface area (Å²) in [6.07, 6.45) is 1.08. The SMILES string of the molecule is O=C(O)Cc1cnc(=O)n2c1OCC2. The third-order valence-electron chi connectivity index (χ3n) is 1.98. The van der Waals surface area contributed by atoms with Crippen LogP contribution in [-0.4, -0.2) is 27.2 Å². The highest BCUT2D eigenvalue weighted by Gasteiger charge is 2.19. The van der Waals surface area contributed by atoms with Gasteiger partial charge in [-0.2, -0.15) is 0 Å². The van der Waals surface area contributed by atoms with E-state index in [-0.39, 0.29) is 6.42 Å². The van der Waals surface area contributed by atoms with Crippen LogP contribution in [0.15, 0.2) is 11.0 Å². The standard InChI is InChI=1S/C8H8N2O4/c11-6(12)3-5-4-9-8(13)10-1-2-14-7(5)10/h4H,1-3H2,(H,11,12). The third kappa shape index (κ3) is 1.34. The molecule has 0 bridgehead atoms. The zero-order valence-electron chi connectivity index (χ0n) is 7.27. The van der Waals surface area contributed by atoms with Crippen molar-refractivity contribution >= 4 is 5.97 Å². The van der Waals surface area contributed by atoms with Crippen LogP contribution in [0.5, 0.6) is 5.88 Å². The number of rotatable bonds is 2. The number of carboxylic acids is 1. The molecule has 1 aromatic rings. The normalized spacial score (nSPS) is 13.4. The molecule has 0 radical (unpaired) electrons. The van der Waals surface area contributed by atoms with Crippen molar-refractivity contribution in [3.05, 3.63) is 22.2 Å². The first kappa shape index (κ1) is 8.74. The Morgan fingerprint density at radius 2 is 2.50 bits per heavy atom. The van der Waals surface area contributed by atoms with Crippen molar-refractivity contribution < 1.29 is 14.6 Å². The van der Waals surface area contributed by atoms with Gasteiger partial charge in [-0.05, 0) is 0 Å². The number of carboxylic acid groups (broad SMARTS) is 1. The summed E-state index contributed by atoms with van der Waals surface area (Å²) in [4.78, 5) is 25.2. The van der Waals surface area contributed by atoms with Gasteiger partial charge in [0.05, 0.1) is 13.0 Å². The molecule has 0 fully saturated rings. The minimum atomic E-state index is -0.969. The van der Waals surface area contributed by atoms with Gasteiger partial charge in [0.25, 0.3) is 0 Å². The molecule has 1 N–H and O–H groups in total. The van der Waals surface area contributed by atoms with E-state index < -0.39 is 11.7 Å². The minimum absolute atomic E-state index is 0.178. The molecule has 0 saturated carbocycles. The van der Waals surface area contributed by atoms with E-state index in [1.54, 1.807) is 0 Å². The molecule has 2 rings (SSSR count). The number of ether oxygens (including phenoxy) is 1. The quantitative estimate of drug-likeness (QED) is 0.673. The molecule has 0 aromatic carbocycles. The zero-order chi connectivity index (χ0) is 10.1. The Balaban J connectivity index is 2.48. The van der Waals surface area contributed by atoms with Gasteiger partial charge < -0.3 is 9.84 Å². The van der Waals surface area contributed by atoms with Crippen molar-refractivity contribution in [2.24, 2.45) is 0 Å². The molecule has 0 amide bonds. The Morgan fingerprint density at radius 1 is 1.71 bits per heavy atom. The van der Waals surface area contributed by atoms with Crippen molar-refractivity contribution in [1.82, 2.24) is 9.55 Å². The van der Waals surface area contributed by atoms with Crippen LogP contribution in [0.4, 0.5) is 0 Å². The summed E-state index contributed by atoms with van der Waals surface area (Å²) >= 11 is 0. The fraction of sp³-hybridized carbons (Fsp3) is 0.375. The van der Waals surface area contributed by atoms with Gasteiger partial charge >= 0.3 is 11.7 Å². The first-order valence-electron chi connectivity index (χ1n) is 4.12. The average molecular weight is 196 g/mol. The van der Waals surface area contributed by atoms with Crippen molar-refractivity contribution in [3.8, 4) is 5.88 Å². The van der Waals surface area contributed by atoms with Crippen LogP contribution in [0.1, 0.15) is 5.56 Å². The highest BCUT2D eigenvalue weighted by molar-refractivity contribution is 5.70. The van der Waals surface area contributed by atoms with Gasteiger partial charge in [0.15, 0.2) is 0 Å². The monoisotopic (exact) mass is 196 g/mol. The smallest absolute Gasteiger partial charge is 0.350 e. The van der Waals surface area contributed by atoms with Gasteiger partial charge in [-0.3, -0.25) is 9.36 Å².